The quantitative estimate of drug-likeness (QED) is 0.680. The van der Waals surface area contributed by atoms with Gasteiger partial charge in [-0.25, -0.2) is 0 Å². The van der Waals surface area contributed by atoms with E-state index in [1.54, 1.807) is 0 Å². The highest BCUT2D eigenvalue weighted by molar-refractivity contribution is 5.76. The number of carbonyl (C=O) groups excluding carboxylic acids is 1. The molecule has 0 saturated heterocycles. The molecule has 3 heterocycles. The van der Waals surface area contributed by atoms with Gasteiger partial charge in [0.15, 0.2) is 11.5 Å². The third-order valence-corrected chi connectivity index (χ3v) is 5.30. The fourth-order valence-corrected chi connectivity index (χ4v) is 3.74. The van der Waals surface area contributed by atoms with Crippen LogP contribution in [0.1, 0.15) is 23.4 Å². The zero-order valence-electron chi connectivity index (χ0n) is 16.0. The molecule has 1 aromatic heterocycles. The summed E-state index contributed by atoms with van der Waals surface area (Å²) in [4.78, 5) is 19.0. The maximum absolute atomic E-state index is 12.6. The van der Waals surface area contributed by atoms with Crippen molar-refractivity contribution >= 4 is 5.91 Å². The first-order valence-corrected chi connectivity index (χ1v) is 9.83. The predicted molar refractivity (Wildman–Crippen MR) is 105 cm³/mol. The van der Waals surface area contributed by atoms with E-state index >= 15 is 0 Å². The number of ether oxygens (including phenoxy) is 2. The molecule has 0 atom stereocenters. The molecule has 7 nitrogen and oxygen atoms in total. The molecule has 0 unspecified atom stereocenters. The first-order valence-electron chi connectivity index (χ1n) is 9.83. The van der Waals surface area contributed by atoms with Crippen molar-refractivity contribution in [2.75, 3.05) is 19.8 Å². The lowest BCUT2D eigenvalue weighted by molar-refractivity contribution is -0.132. The van der Waals surface area contributed by atoms with Gasteiger partial charge in [0.2, 0.25) is 17.6 Å². The summed E-state index contributed by atoms with van der Waals surface area (Å²) in [5.74, 6) is 2.45. The van der Waals surface area contributed by atoms with Gasteiger partial charge in [-0.15, -0.1) is 0 Å². The Labute approximate surface area is 168 Å². The number of aromatic nitrogens is 2. The summed E-state index contributed by atoms with van der Waals surface area (Å²) in [5, 5.41) is 4.05. The van der Waals surface area contributed by atoms with Crippen molar-refractivity contribution in [2.24, 2.45) is 0 Å². The summed E-state index contributed by atoms with van der Waals surface area (Å²) in [6.45, 7) is 2.50. The van der Waals surface area contributed by atoms with Crippen LogP contribution in [0.4, 0.5) is 0 Å². The number of benzene rings is 2. The minimum Gasteiger partial charge on any atom is -0.486 e. The second-order valence-corrected chi connectivity index (χ2v) is 7.20. The maximum atomic E-state index is 12.6. The van der Waals surface area contributed by atoms with Crippen LogP contribution in [-0.4, -0.2) is 40.7 Å². The van der Waals surface area contributed by atoms with Gasteiger partial charge >= 0.3 is 0 Å². The Balaban J connectivity index is 1.21. The third-order valence-electron chi connectivity index (χ3n) is 5.30. The molecule has 2 aliphatic rings. The van der Waals surface area contributed by atoms with Crippen LogP contribution in [0.25, 0.3) is 11.4 Å². The van der Waals surface area contributed by atoms with E-state index in [4.69, 9.17) is 14.0 Å². The van der Waals surface area contributed by atoms with Gasteiger partial charge in [0.1, 0.15) is 13.2 Å². The molecule has 0 bridgehead atoms. The summed E-state index contributed by atoms with van der Waals surface area (Å²) in [6.07, 6.45) is 1.68. The fourth-order valence-electron chi connectivity index (χ4n) is 3.74. The molecule has 0 aliphatic carbocycles. The van der Waals surface area contributed by atoms with Gasteiger partial charge in [0.25, 0.3) is 0 Å². The molecule has 0 saturated carbocycles. The molecule has 7 heteroatoms. The Morgan fingerprint density at radius 2 is 1.86 bits per heavy atom. The Kier molecular flexibility index (Phi) is 4.63. The van der Waals surface area contributed by atoms with Crippen LogP contribution in [0.15, 0.2) is 47.0 Å². The van der Waals surface area contributed by atoms with E-state index in [2.05, 4.69) is 22.3 Å². The summed E-state index contributed by atoms with van der Waals surface area (Å²) in [7, 11) is 0. The van der Waals surface area contributed by atoms with Gasteiger partial charge in [-0.3, -0.25) is 4.79 Å². The van der Waals surface area contributed by atoms with Crippen molar-refractivity contribution in [1.82, 2.24) is 15.0 Å². The number of hydrogen-bond acceptors (Lipinski definition) is 6. The minimum absolute atomic E-state index is 0.110. The second kappa shape index (κ2) is 7.58. The number of aryl methyl sites for hydroxylation is 1. The van der Waals surface area contributed by atoms with E-state index in [9.17, 15) is 4.79 Å². The lowest BCUT2D eigenvalue weighted by Crippen LogP contribution is -2.36. The van der Waals surface area contributed by atoms with Gasteiger partial charge in [-0.2, -0.15) is 4.98 Å². The lowest BCUT2D eigenvalue weighted by Gasteiger charge is -2.28. The standard InChI is InChI=1S/C22H21N3O4/c26-21(25-10-9-15-3-1-2-4-17(15)14-25)8-7-20-23-22(24-29-20)16-5-6-18-19(13-16)28-12-11-27-18/h1-6,13H,7-12,14H2. The largest absolute Gasteiger partial charge is 0.486 e. The molecule has 0 fully saturated rings. The summed E-state index contributed by atoms with van der Waals surface area (Å²) in [5.41, 5.74) is 3.35. The van der Waals surface area contributed by atoms with Gasteiger partial charge in [-0.1, -0.05) is 29.4 Å². The molecule has 3 aromatic rings. The van der Waals surface area contributed by atoms with E-state index in [-0.39, 0.29) is 5.91 Å². The molecule has 0 spiro atoms. The zero-order valence-corrected chi connectivity index (χ0v) is 16.0. The molecule has 0 radical (unpaired) electrons. The topological polar surface area (TPSA) is 77.7 Å². The number of fused-ring (bicyclic) bond motifs is 2. The van der Waals surface area contributed by atoms with Gasteiger partial charge < -0.3 is 18.9 Å². The zero-order chi connectivity index (χ0) is 19.6. The normalized spacial score (nSPS) is 15.1. The number of nitrogens with zero attached hydrogens (tertiary/aromatic N) is 3. The SMILES string of the molecule is O=C(CCc1nc(-c2ccc3c(c2)OCCO3)no1)N1CCc2ccccc2C1. The van der Waals surface area contributed by atoms with Crippen molar-refractivity contribution in [3.63, 3.8) is 0 Å². The third kappa shape index (κ3) is 3.68. The summed E-state index contributed by atoms with van der Waals surface area (Å²) >= 11 is 0. The van der Waals surface area contributed by atoms with Gasteiger partial charge in [-0.05, 0) is 35.7 Å². The lowest BCUT2D eigenvalue weighted by atomic mass is 9.99. The molecule has 2 aromatic carbocycles. The summed E-state index contributed by atoms with van der Waals surface area (Å²) in [6, 6.07) is 13.9. The maximum Gasteiger partial charge on any atom is 0.227 e. The number of rotatable bonds is 4. The van der Waals surface area contributed by atoms with E-state index in [0.29, 0.717) is 50.1 Å². The van der Waals surface area contributed by atoms with Crippen molar-refractivity contribution in [2.45, 2.75) is 25.8 Å². The smallest absolute Gasteiger partial charge is 0.227 e. The van der Waals surface area contributed by atoms with Crippen molar-refractivity contribution in [3.8, 4) is 22.9 Å². The van der Waals surface area contributed by atoms with E-state index < -0.39 is 0 Å². The van der Waals surface area contributed by atoms with E-state index in [1.165, 1.54) is 11.1 Å². The highest BCUT2D eigenvalue weighted by atomic mass is 16.6. The van der Waals surface area contributed by atoms with E-state index in [0.717, 1.165) is 24.3 Å². The van der Waals surface area contributed by atoms with Crippen molar-refractivity contribution in [3.05, 3.63) is 59.5 Å². The molecule has 5 rings (SSSR count). The number of carbonyl (C=O) groups is 1. The van der Waals surface area contributed by atoms with Crippen molar-refractivity contribution in [1.29, 1.82) is 0 Å². The summed E-state index contributed by atoms with van der Waals surface area (Å²) < 4.78 is 16.5. The average Bonchev–Trinajstić information content (AvgIpc) is 3.26. The Morgan fingerprint density at radius 1 is 1.03 bits per heavy atom. The van der Waals surface area contributed by atoms with Crippen LogP contribution in [-0.2, 0) is 24.2 Å². The number of amides is 1. The number of hydrogen-bond donors (Lipinski definition) is 0. The van der Waals surface area contributed by atoms with Crippen molar-refractivity contribution < 1.29 is 18.8 Å². The Bertz CT molecular complexity index is 1050. The monoisotopic (exact) mass is 391 g/mol. The predicted octanol–water partition coefficient (Wildman–Crippen LogP) is 3.03. The molecule has 1 amide bonds. The molecular weight excluding hydrogens is 370 g/mol. The molecular formula is C22H21N3O4. The van der Waals surface area contributed by atoms with Crippen LogP contribution in [0.5, 0.6) is 11.5 Å². The van der Waals surface area contributed by atoms with E-state index in [1.807, 2.05) is 35.2 Å². The van der Waals surface area contributed by atoms with Crippen LogP contribution < -0.4 is 9.47 Å². The first-order chi connectivity index (χ1) is 14.3. The molecule has 148 valence electrons. The molecule has 29 heavy (non-hydrogen) atoms. The highest BCUT2D eigenvalue weighted by Crippen LogP contribution is 2.33. The molecule has 2 aliphatic heterocycles. The van der Waals surface area contributed by atoms with Gasteiger partial charge in [0.05, 0.1) is 0 Å². The van der Waals surface area contributed by atoms with Crippen LogP contribution in [0.2, 0.25) is 0 Å². The van der Waals surface area contributed by atoms with Gasteiger partial charge in [0, 0.05) is 31.5 Å². The molecule has 0 N–H and O–H groups in total. The Hall–Kier alpha value is -3.35. The fraction of sp³-hybridized carbons (Fsp3) is 0.318. The average molecular weight is 391 g/mol. The minimum atomic E-state index is 0.110. The first kappa shape index (κ1) is 17.7. The van der Waals surface area contributed by atoms with Crippen LogP contribution in [0.3, 0.4) is 0 Å². The van der Waals surface area contributed by atoms with Crippen LogP contribution in [0, 0.1) is 0 Å². The second-order valence-electron chi connectivity index (χ2n) is 7.20. The van der Waals surface area contributed by atoms with Crippen LogP contribution >= 0.6 is 0 Å². The Morgan fingerprint density at radius 3 is 2.76 bits per heavy atom. The highest BCUT2D eigenvalue weighted by Gasteiger charge is 2.21.